The smallest absolute Gasteiger partial charge is 0.309 e. The lowest BCUT2D eigenvalue weighted by atomic mass is 10.1. The third-order valence-corrected chi connectivity index (χ3v) is 5.16. The molecule has 1 fully saturated rings. The molecule has 0 radical (unpaired) electrons. The van der Waals surface area contributed by atoms with E-state index < -0.39 is 11.6 Å². The van der Waals surface area contributed by atoms with Crippen molar-refractivity contribution in [3.63, 3.8) is 0 Å². The molecule has 0 N–H and O–H groups in total. The van der Waals surface area contributed by atoms with Gasteiger partial charge in [-0.05, 0) is 24.6 Å². The molecule has 0 unspecified atom stereocenters. The number of nitrogens with zero attached hydrogens (tertiary/aromatic N) is 3. The van der Waals surface area contributed by atoms with E-state index >= 15 is 0 Å². The van der Waals surface area contributed by atoms with Crippen LogP contribution in [0.25, 0.3) is 0 Å². The van der Waals surface area contributed by atoms with Crippen LogP contribution in [0.4, 0.5) is 8.78 Å². The Balaban J connectivity index is 1.44. The highest BCUT2D eigenvalue weighted by Crippen LogP contribution is 2.24. The molecule has 2 aromatic rings. The van der Waals surface area contributed by atoms with Crippen molar-refractivity contribution in [3.05, 3.63) is 52.7 Å². The molecule has 4 rings (SSSR count). The maximum absolute atomic E-state index is 13.9. The predicted molar refractivity (Wildman–Crippen MR) is 92.0 cm³/mol. The summed E-state index contributed by atoms with van der Waals surface area (Å²) in [7, 11) is 1.64. The van der Waals surface area contributed by atoms with Gasteiger partial charge in [-0.3, -0.25) is 9.69 Å². The molecular weight excluding hydrogens is 356 g/mol. The Morgan fingerprint density at radius 3 is 3.00 bits per heavy atom. The van der Waals surface area contributed by atoms with Gasteiger partial charge in [0.1, 0.15) is 17.4 Å². The molecule has 1 saturated heterocycles. The second kappa shape index (κ2) is 7.36. The molecule has 27 heavy (non-hydrogen) atoms. The van der Waals surface area contributed by atoms with Crippen LogP contribution in [0.15, 0.2) is 22.6 Å². The molecule has 1 aromatic heterocycles. The number of hydrogen-bond donors (Lipinski definition) is 0. The molecule has 0 saturated carbocycles. The fourth-order valence-corrected chi connectivity index (χ4v) is 3.62. The summed E-state index contributed by atoms with van der Waals surface area (Å²) in [4.78, 5) is 20.6. The highest BCUT2D eigenvalue weighted by Gasteiger charge is 2.31. The number of oxazole rings is 1. The van der Waals surface area contributed by atoms with Gasteiger partial charge in [0, 0.05) is 51.8 Å². The quantitative estimate of drug-likeness (QED) is 0.819. The summed E-state index contributed by atoms with van der Waals surface area (Å²) in [5.74, 6) is -0.336. The fourth-order valence-electron chi connectivity index (χ4n) is 3.62. The van der Waals surface area contributed by atoms with Crippen molar-refractivity contribution >= 4 is 5.91 Å². The maximum Gasteiger partial charge on any atom is 0.309 e. The number of benzene rings is 1. The number of likely N-dealkylation sites (tertiary alicyclic amines) is 1. The SMILES string of the molecule is CO[C@H]1CCN(C(=O)c2nc3c(o2)CCN(Cc2cc(F)ccc2F)C3)C1. The van der Waals surface area contributed by atoms with Gasteiger partial charge in [-0.1, -0.05) is 0 Å². The van der Waals surface area contributed by atoms with Crippen LogP contribution < -0.4 is 0 Å². The van der Waals surface area contributed by atoms with Crippen LogP contribution in [0.2, 0.25) is 0 Å². The third kappa shape index (κ3) is 3.72. The van der Waals surface area contributed by atoms with E-state index in [4.69, 9.17) is 9.15 Å². The Morgan fingerprint density at radius 2 is 2.22 bits per heavy atom. The van der Waals surface area contributed by atoms with Gasteiger partial charge in [0.2, 0.25) is 0 Å². The van der Waals surface area contributed by atoms with E-state index in [9.17, 15) is 13.6 Å². The van der Waals surface area contributed by atoms with Crippen molar-refractivity contribution in [3.8, 4) is 0 Å². The predicted octanol–water partition coefficient (Wildman–Crippen LogP) is 2.37. The fraction of sp³-hybridized carbons (Fsp3) is 0.474. The minimum absolute atomic E-state index is 0.0511. The lowest BCUT2D eigenvalue weighted by Gasteiger charge is -2.25. The van der Waals surface area contributed by atoms with Gasteiger partial charge in [-0.2, -0.15) is 0 Å². The number of hydrogen-bond acceptors (Lipinski definition) is 5. The van der Waals surface area contributed by atoms with E-state index in [1.807, 2.05) is 4.90 Å². The zero-order chi connectivity index (χ0) is 19.0. The molecule has 144 valence electrons. The van der Waals surface area contributed by atoms with Crippen molar-refractivity contribution < 1.29 is 22.7 Å². The Bertz CT molecular complexity index is 855. The van der Waals surface area contributed by atoms with Crippen LogP contribution in [0.5, 0.6) is 0 Å². The molecule has 0 spiro atoms. The topological polar surface area (TPSA) is 58.8 Å². The van der Waals surface area contributed by atoms with Crippen LogP contribution in [-0.2, 0) is 24.2 Å². The van der Waals surface area contributed by atoms with E-state index in [1.165, 1.54) is 6.07 Å². The lowest BCUT2D eigenvalue weighted by molar-refractivity contribution is 0.0687. The third-order valence-electron chi connectivity index (χ3n) is 5.16. The number of amides is 1. The first kappa shape index (κ1) is 18.1. The first-order valence-corrected chi connectivity index (χ1v) is 9.00. The summed E-state index contributed by atoms with van der Waals surface area (Å²) < 4.78 is 38.2. The summed E-state index contributed by atoms with van der Waals surface area (Å²) in [6.07, 6.45) is 1.43. The average Bonchev–Trinajstić information content (AvgIpc) is 3.30. The van der Waals surface area contributed by atoms with E-state index in [2.05, 4.69) is 4.98 Å². The Kier molecular flexibility index (Phi) is 4.92. The van der Waals surface area contributed by atoms with Crippen molar-refractivity contribution in [1.82, 2.24) is 14.8 Å². The zero-order valence-electron chi connectivity index (χ0n) is 15.1. The zero-order valence-corrected chi connectivity index (χ0v) is 15.1. The van der Waals surface area contributed by atoms with Gasteiger partial charge in [0.15, 0.2) is 0 Å². The van der Waals surface area contributed by atoms with E-state index in [1.54, 1.807) is 12.0 Å². The number of methoxy groups -OCH3 is 1. The van der Waals surface area contributed by atoms with Crippen LogP contribution in [0.3, 0.4) is 0 Å². The summed E-state index contributed by atoms with van der Waals surface area (Å²) in [6, 6.07) is 3.45. The van der Waals surface area contributed by atoms with Crippen molar-refractivity contribution in [2.75, 3.05) is 26.7 Å². The maximum atomic E-state index is 13.9. The second-order valence-electron chi connectivity index (χ2n) is 6.98. The van der Waals surface area contributed by atoms with E-state index in [0.29, 0.717) is 49.6 Å². The number of carbonyl (C=O) groups is 1. The molecule has 1 atom stereocenters. The van der Waals surface area contributed by atoms with E-state index in [0.717, 1.165) is 18.6 Å². The number of aromatic nitrogens is 1. The second-order valence-corrected chi connectivity index (χ2v) is 6.98. The molecule has 2 aliphatic rings. The first-order valence-electron chi connectivity index (χ1n) is 9.00. The molecule has 0 aliphatic carbocycles. The van der Waals surface area contributed by atoms with Gasteiger partial charge in [0.05, 0.1) is 11.8 Å². The van der Waals surface area contributed by atoms with Crippen LogP contribution in [-0.4, -0.2) is 53.5 Å². The van der Waals surface area contributed by atoms with Gasteiger partial charge in [-0.25, -0.2) is 13.8 Å². The molecule has 3 heterocycles. The highest BCUT2D eigenvalue weighted by atomic mass is 19.1. The number of ether oxygens (including phenoxy) is 1. The molecule has 6 nitrogen and oxygen atoms in total. The van der Waals surface area contributed by atoms with Gasteiger partial charge >= 0.3 is 5.91 Å². The number of fused-ring (bicyclic) bond motifs is 1. The van der Waals surface area contributed by atoms with Crippen molar-refractivity contribution in [1.29, 1.82) is 0 Å². The first-order chi connectivity index (χ1) is 13.0. The monoisotopic (exact) mass is 377 g/mol. The average molecular weight is 377 g/mol. The van der Waals surface area contributed by atoms with E-state index in [-0.39, 0.29) is 24.4 Å². The molecule has 0 bridgehead atoms. The van der Waals surface area contributed by atoms with Gasteiger partial charge < -0.3 is 14.1 Å². The minimum Gasteiger partial charge on any atom is -0.437 e. The lowest BCUT2D eigenvalue weighted by Crippen LogP contribution is -2.30. The molecule has 1 aromatic carbocycles. The normalized spacial score (nSPS) is 20.1. The summed E-state index contributed by atoms with van der Waals surface area (Å²) in [5, 5.41) is 0. The summed E-state index contributed by atoms with van der Waals surface area (Å²) in [6.45, 7) is 2.49. The Labute approximate surface area is 155 Å². The van der Waals surface area contributed by atoms with Gasteiger partial charge in [-0.15, -0.1) is 0 Å². The number of carbonyl (C=O) groups excluding carboxylic acids is 1. The van der Waals surface area contributed by atoms with Crippen molar-refractivity contribution in [2.24, 2.45) is 0 Å². The summed E-state index contributed by atoms with van der Waals surface area (Å²) >= 11 is 0. The molecule has 2 aliphatic heterocycles. The summed E-state index contributed by atoms with van der Waals surface area (Å²) in [5.41, 5.74) is 0.991. The number of halogens is 2. The Hall–Kier alpha value is -2.32. The van der Waals surface area contributed by atoms with Crippen LogP contribution >= 0.6 is 0 Å². The number of rotatable bonds is 4. The largest absolute Gasteiger partial charge is 0.437 e. The standard InChI is InChI=1S/C19H21F2N3O3/c1-26-14-4-7-24(10-14)19(25)18-22-16-11-23(6-5-17(16)27-18)9-12-8-13(20)2-3-15(12)21/h2-3,8,14H,4-7,9-11H2,1H3/t14-/m0/s1. The van der Waals surface area contributed by atoms with Crippen LogP contribution in [0, 0.1) is 11.6 Å². The molecule has 1 amide bonds. The van der Waals surface area contributed by atoms with Crippen LogP contribution in [0.1, 0.15) is 34.1 Å². The Morgan fingerprint density at radius 1 is 1.37 bits per heavy atom. The van der Waals surface area contributed by atoms with Gasteiger partial charge in [0.25, 0.3) is 5.89 Å². The minimum atomic E-state index is -0.460. The van der Waals surface area contributed by atoms with Crippen molar-refractivity contribution in [2.45, 2.75) is 32.0 Å². The highest BCUT2D eigenvalue weighted by molar-refractivity contribution is 5.90. The molecular formula is C19H21F2N3O3. The molecule has 8 heteroatoms.